The Bertz CT molecular complexity index is 659. The van der Waals surface area contributed by atoms with Gasteiger partial charge in [0.15, 0.2) is 5.96 Å². The molecule has 0 aliphatic carbocycles. The van der Waals surface area contributed by atoms with Gasteiger partial charge in [0.1, 0.15) is 4.21 Å². The van der Waals surface area contributed by atoms with Crippen molar-refractivity contribution in [3.05, 3.63) is 17.0 Å². The molecule has 0 aromatic carbocycles. The van der Waals surface area contributed by atoms with Gasteiger partial charge in [-0.05, 0) is 30.4 Å². The van der Waals surface area contributed by atoms with Crippen molar-refractivity contribution in [2.45, 2.75) is 37.4 Å². The molecule has 1 atom stereocenters. The van der Waals surface area contributed by atoms with Crippen LogP contribution in [0.2, 0.25) is 0 Å². The molecule has 9 heteroatoms. The molecule has 6 nitrogen and oxygen atoms in total. The molecule has 3 N–H and O–H groups in total. The van der Waals surface area contributed by atoms with Crippen molar-refractivity contribution < 1.29 is 8.42 Å². The number of likely N-dealkylation sites (tertiary alicyclic amines) is 1. The number of aliphatic imine (C=N–C) groups is 1. The first-order valence-electron chi connectivity index (χ1n) is 7.34. The van der Waals surface area contributed by atoms with Crippen LogP contribution >= 0.6 is 35.3 Å². The van der Waals surface area contributed by atoms with E-state index in [1.54, 1.807) is 19.2 Å². The minimum Gasteiger partial charge on any atom is -0.351 e. The predicted octanol–water partition coefficient (Wildman–Crippen LogP) is 2.21. The second-order valence-corrected chi connectivity index (χ2v) is 8.96. The Morgan fingerprint density at radius 3 is 2.70 bits per heavy atom. The summed E-state index contributed by atoms with van der Waals surface area (Å²) in [6, 6.07) is 3.33. The van der Waals surface area contributed by atoms with Crippen molar-refractivity contribution in [2.75, 3.05) is 20.1 Å². The third-order valence-electron chi connectivity index (χ3n) is 4.26. The molecule has 1 aromatic heterocycles. The zero-order valence-electron chi connectivity index (χ0n) is 13.7. The first kappa shape index (κ1) is 20.7. The molecule has 1 unspecified atom stereocenters. The van der Waals surface area contributed by atoms with Crippen LogP contribution in [-0.4, -0.2) is 39.4 Å². The largest absolute Gasteiger partial charge is 0.351 e. The van der Waals surface area contributed by atoms with Crippen LogP contribution in [0.1, 0.15) is 31.6 Å². The van der Waals surface area contributed by atoms with E-state index in [0.717, 1.165) is 30.3 Å². The Balaban J connectivity index is 0.00000264. The van der Waals surface area contributed by atoms with Gasteiger partial charge in [0, 0.05) is 25.0 Å². The van der Waals surface area contributed by atoms with Gasteiger partial charge < -0.3 is 10.2 Å². The van der Waals surface area contributed by atoms with Crippen molar-refractivity contribution in [2.24, 2.45) is 15.5 Å². The SMILES string of the molecule is CCC1(C)CCN(C(=NC)NCc2ccc(S(N)(=O)=O)s2)C1.I. The fourth-order valence-corrected chi connectivity index (χ4v) is 4.32. The van der Waals surface area contributed by atoms with Crippen LogP contribution in [0.5, 0.6) is 0 Å². The van der Waals surface area contributed by atoms with Crippen molar-refractivity contribution in [3.8, 4) is 0 Å². The van der Waals surface area contributed by atoms with Crippen molar-refractivity contribution in [1.29, 1.82) is 0 Å². The summed E-state index contributed by atoms with van der Waals surface area (Å²) in [5.74, 6) is 0.864. The molecule has 0 amide bonds. The zero-order valence-corrected chi connectivity index (χ0v) is 17.7. The Labute approximate surface area is 159 Å². The van der Waals surface area contributed by atoms with E-state index in [0.29, 0.717) is 12.0 Å². The third-order valence-corrected chi connectivity index (χ3v) is 6.78. The Kier molecular flexibility index (Phi) is 7.30. The molecule has 2 rings (SSSR count). The summed E-state index contributed by atoms with van der Waals surface area (Å²) in [7, 11) is -1.84. The number of hydrogen-bond donors (Lipinski definition) is 2. The first-order chi connectivity index (χ1) is 10.3. The molecular weight excluding hydrogens is 447 g/mol. The van der Waals surface area contributed by atoms with Gasteiger partial charge in [-0.3, -0.25) is 4.99 Å². The van der Waals surface area contributed by atoms with E-state index >= 15 is 0 Å². The van der Waals surface area contributed by atoms with Crippen LogP contribution in [0.4, 0.5) is 0 Å². The van der Waals surface area contributed by atoms with Crippen LogP contribution in [0.15, 0.2) is 21.3 Å². The van der Waals surface area contributed by atoms with Crippen LogP contribution < -0.4 is 10.5 Å². The van der Waals surface area contributed by atoms with Crippen LogP contribution in [0.25, 0.3) is 0 Å². The maximum atomic E-state index is 11.3. The quantitative estimate of drug-likeness (QED) is 0.400. The summed E-state index contributed by atoms with van der Waals surface area (Å²) >= 11 is 1.19. The van der Waals surface area contributed by atoms with Crippen LogP contribution in [0, 0.1) is 5.41 Å². The summed E-state index contributed by atoms with van der Waals surface area (Å²) in [6.07, 6.45) is 2.32. The lowest BCUT2D eigenvalue weighted by atomic mass is 9.87. The second-order valence-electron chi connectivity index (χ2n) is 6.00. The number of thiophene rings is 1. The number of sulfonamides is 1. The average Bonchev–Trinajstić information content (AvgIpc) is 3.07. The standard InChI is InChI=1S/C14H24N4O2S2.HI/c1-4-14(2)7-8-18(10-14)13(16-3)17-9-11-5-6-12(21-11)22(15,19)20;/h5-6H,4,7-10H2,1-3H3,(H,16,17)(H2,15,19,20);1H. The van der Waals surface area contributed by atoms with E-state index < -0.39 is 10.0 Å². The lowest BCUT2D eigenvalue weighted by Gasteiger charge is -2.25. The number of nitrogens with one attached hydrogen (secondary N) is 1. The normalized spacial score (nSPS) is 22.1. The van der Waals surface area contributed by atoms with Crippen molar-refractivity contribution in [3.63, 3.8) is 0 Å². The highest BCUT2D eigenvalue weighted by Crippen LogP contribution is 2.32. The van der Waals surface area contributed by atoms with Crippen molar-refractivity contribution in [1.82, 2.24) is 10.2 Å². The smallest absolute Gasteiger partial charge is 0.247 e. The van der Waals surface area contributed by atoms with Gasteiger partial charge >= 0.3 is 0 Å². The lowest BCUT2D eigenvalue weighted by Crippen LogP contribution is -2.40. The van der Waals surface area contributed by atoms with Crippen LogP contribution in [0.3, 0.4) is 0 Å². The van der Waals surface area contributed by atoms with Gasteiger partial charge in [-0.15, -0.1) is 35.3 Å². The second kappa shape index (κ2) is 8.13. The van der Waals surface area contributed by atoms with E-state index in [2.05, 4.69) is 29.1 Å². The first-order valence-corrected chi connectivity index (χ1v) is 9.71. The van der Waals surface area contributed by atoms with E-state index in [4.69, 9.17) is 5.14 Å². The molecule has 0 bridgehead atoms. The number of rotatable bonds is 4. The maximum Gasteiger partial charge on any atom is 0.247 e. The fraction of sp³-hybridized carbons (Fsp3) is 0.643. The highest BCUT2D eigenvalue weighted by molar-refractivity contribution is 14.0. The highest BCUT2D eigenvalue weighted by Gasteiger charge is 2.33. The Morgan fingerprint density at radius 2 is 2.22 bits per heavy atom. The molecule has 23 heavy (non-hydrogen) atoms. The van der Waals surface area contributed by atoms with Gasteiger partial charge in [-0.25, -0.2) is 13.6 Å². The topological polar surface area (TPSA) is 87.8 Å². The number of hydrogen-bond acceptors (Lipinski definition) is 4. The summed E-state index contributed by atoms with van der Waals surface area (Å²) in [5, 5.41) is 8.43. The predicted molar refractivity (Wildman–Crippen MR) is 106 cm³/mol. The maximum absolute atomic E-state index is 11.3. The molecule has 1 saturated heterocycles. The molecule has 0 saturated carbocycles. The number of nitrogens with two attached hydrogens (primary N) is 1. The average molecular weight is 472 g/mol. The molecule has 1 fully saturated rings. The molecule has 132 valence electrons. The van der Waals surface area contributed by atoms with Crippen molar-refractivity contribution >= 4 is 51.3 Å². The number of nitrogens with zero attached hydrogens (tertiary/aromatic N) is 2. The number of primary sulfonamides is 1. The number of halogens is 1. The molecule has 0 radical (unpaired) electrons. The van der Waals surface area contributed by atoms with E-state index in [1.165, 1.54) is 17.8 Å². The summed E-state index contributed by atoms with van der Waals surface area (Å²) in [6.45, 7) is 7.07. The molecular formula is C14H25IN4O2S2. The fourth-order valence-electron chi connectivity index (χ4n) is 2.60. The molecule has 2 heterocycles. The minimum atomic E-state index is -3.61. The zero-order chi connectivity index (χ0) is 16.4. The Hall–Kier alpha value is -0.390. The molecule has 1 aliphatic rings. The van der Waals surface area contributed by atoms with Gasteiger partial charge in [-0.1, -0.05) is 13.8 Å². The van der Waals surface area contributed by atoms with E-state index in [-0.39, 0.29) is 28.2 Å². The van der Waals surface area contributed by atoms with Gasteiger partial charge in [-0.2, -0.15) is 0 Å². The summed E-state index contributed by atoms with van der Waals surface area (Å²) in [4.78, 5) is 7.51. The van der Waals surface area contributed by atoms with Gasteiger partial charge in [0.25, 0.3) is 0 Å². The number of guanidine groups is 1. The molecule has 1 aromatic rings. The summed E-state index contributed by atoms with van der Waals surface area (Å²) in [5.41, 5.74) is 0.349. The third kappa shape index (κ3) is 5.30. The Morgan fingerprint density at radius 1 is 1.52 bits per heavy atom. The minimum absolute atomic E-state index is 0. The van der Waals surface area contributed by atoms with E-state index in [9.17, 15) is 8.42 Å². The monoisotopic (exact) mass is 472 g/mol. The summed E-state index contributed by atoms with van der Waals surface area (Å²) < 4.78 is 22.8. The molecule has 0 spiro atoms. The highest BCUT2D eigenvalue weighted by atomic mass is 127. The van der Waals surface area contributed by atoms with Gasteiger partial charge in [0.2, 0.25) is 10.0 Å². The molecule has 1 aliphatic heterocycles. The van der Waals surface area contributed by atoms with Gasteiger partial charge in [0.05, 0.1) is 6.54 Å². The van der Waals surface area contributed by atoms with Crippen LogP contribution in [-0.2, 0) is 16.6 Å². The lowest BCUT2D eigenvalue weighted by molar-refractivity contribution is 0.322. The van der Waals surface area contributed by atoms with E-state index in [1.807, 2.05) is 0 Å².